The number of hydrogen-bond donors (Lipinski definition) is 2. The lowest BCUT2D eigenvalue weighted by atomic mass is 9.83. The van der Waals surface area contributed by atoms with Gasteiger partial charge in [0.2, 0.25) is 0 Å². The van der Waals surface area contributed by atoms with Crippen LogP contribution in [-0.4, -0.2) is 52.5 Å². The Balaban J connectivity index is 1.73. The van der Waals surface area contributed by atoms with Gasteiger partial charge in [-0.1, -0.05) is 12.8 Å². The predicted molar refractivity (Wildman–Crippen MR) is 104 cm³/mol. The molecule has 5 heteroatoms. The van der Waals surface area contributed by atoms with Gasteiger partial charge in [-0.05, 0) is 63.2 Å². The van der Waals surface area contributed by atoms with E-state index in [4.69, 9.17) is 9.47 Å². The number of hydrogen-bond acceptors (Lipinski definition) is 3. The second-order valence-electron chi connectivity index (χ2n) is 7.88. The number of guanidine groups is 1. The van der Waals surface area contributed by atoms with E-state index in [0.717, 1.165) is 58.3 Å². The first-order valence-corrected chi connectivity index (χ1v) is 10.3. The fourth-order valence-electron chi connectivity index (χ4n) is 3.96. The van der Waals surface area contributed by atoms with Crippen molar-refractivity contribution in [1.29, 1.82) is 0 Å². The van der Waals surface area contributed by atoms with Crippen LogP contribution >= 0.6 is 0 Å². The third-order valence-electron chi connectivity index (χ3n) is 6.07. The van der Waals surface area contributed by atoms with E-state index in [9.17, 15) is 0 Å². The maximum atomic E-state index is 5.62. The highest BCUT2D eigenvalue weighted by Gasteiger charge is 2.42. The van der Waals surface area contributed by atoms with Crippen LogP contribution in [0.15, 0.2) is 4.99 Å². The molecule has 5 nitrogen and oxygen atoms in total. The Hall–Kier alpha value is -0.810. The molecule has 2 aliphatic rings. The van der Waals surface area contributed by atoms with Crippen LogP contribution in [0.4, 0.5) is 0 Å². The van der Waals surface area contributed by atoms with Crippen molar-refractivity contribution in [2.24, 2.45) is 15.8 Å². The Morgan fingerprint density at radius 3 is 1.72 bits per heavy atom. The van der Waals surface area contributed by atoms with Crippen molar-refractivity contribution in [3.63, 3.8) is 0 Å². The number of nitrogens with one attached hydrogen (secondary N) is 2. The Bertz CT molecular complexity index is 402. The minimum absolute atomic E-state index is 0.388. The van der Waals surface area contributed by atoms with Crippen molar-refractivity contribution in [1.82, 2.24) is 10.6 Å². The standard InChI is InChI=1S/C20H39N3O2/c1-4-24-14-12-19(8-6-7-9-19)16-22-18(21-3)23-17-20(10-11-20)13-15-25-5-2/h4-17H2,1-3H3,(H2,21,22,23). The normalized spacial score (nSPS) is 21.3. The molecular weight excluding hydrogens is 314 g/mol. The van der Waals surface area contributed by atoms with Crippen molar-refractivity contribution in [3.8, 4) is 0 Å². The Morgan fingerprint density at radius 1 is 0.840 bits per heavy atom. The van der Waals surface area contributed by atoms with E-state index in [-0.39, 0.29) is 0 Å². The average molecular weight is 354 g/mol. The SMILES string of the molecule is CCOCCC1(CNC(=NC)NCC2(CCOCC)CC2)CCCC1. The Kier molecular flexibility index (Phi) is 8.50. The average Bonchev–Trinajstić information content (AvgIpc) is 3.24. The molecule has 0 unspecified atom stereocenters. The quantitative estimate of drug-likeness (QED) is 0.321. The summed E-state index contributed by atoms with van der Waals surface area (Å²) in [5, 5.41) is 7.16. The minimum atomic E-state index is 0.388. The number of nitrogens with zero attached hydrogens (tertiary/aromatic N) is 1. The van der Waals surface area contributed by atoms with Crippen LogP contribution in [0.25, 0.3) is 0 Å². The van der Waals surface area contributed by atoms with Crippen LogP contribution in [-0.2, 0) is 9.47 Å². The summed E-state index contributed by atoms with van der Waals surface area (Å²) in [7, 11) is 1.87. The lowest BCUT2D eigenvalue weighted by Gasteiger charge is -2.30. The molecule has 0 heterocycles. The molecule has 0 aromatic rings. The molecule has 0 bridgehead atoms. The fraction of sp³-hybridized carbons (Fsp3) is 0.950. The van der Waals surface area contributed by atoms with Crippen LogP contribution < -0.4 is 10.6 Å². The van der Waals surface area contributed by atoms with Gasteiger partial charge in [0.1, 0.15) is 0 Å². The van der Waals surface area contributed by atoms with Gasteiger partial charge in [-0.15, -0.1) is 0 Å². The van der Waals surface area contributed by atoms with Crippen LogP contribution in [0.2, 0.25) is 0 Å². The maximum Gasteiger partial charge on any atom is 0.191 e. The third kappa shape index (κ3) is 6.78. The molecule has 0 aromatic heterocycles. The molecule has 0 radical (unpaired) electrons. The zero-order chi connectivity index (χ0) is 18.0. The minimum Gasteiger partial charge on any atom is -0.382 e. The van der Waals surface area contributed by atoms with E-state index in [0.29, 0.717) is 10.8 Å². The van der Waals surface area contributed by atoms with Crippen LogP contribution in [0.3, 0.4) is 0 Å². The molecule has 0 aromatic carbocycles. The summed E-state index contributed by atoms with van der Waals surface area (Å²) in [5.41, 5.74) is 0.825. The van der Waals surface area contributed by atoms with Gasteiger partial charge in [0, 0.05) is 46.6 Å². The van der Waals surface area contributed by atoms with Crippen molar-refractivity contribution in [2.75, 3.05) is 46.6 Å². The number of ether oxygens (including phenoxy) is 2. The van der Waals surface area contributed by atoms with Gasteiger partial charge < -0.3 is 20.1 Å². The van der Waals surface area contributed by atoms with Gasteiger partial charge >= 0.3 is 0 Å². The van der Waals surface area contributed by atoms with Crippen molar-refractivity contribution in [3.05, 3.63) is 0 Å². The fourth-order valence-corrected chi connectivity index (χ4v) is 3.96. The zero-order valence-electron chi connectivity index (χ0n) is 16.7. The highest BCUT2D eigenvalue weighted by molar-refractivity contribution is 5.79. The Morgan fingerprint density at radius 2 is 1.32 bits per heavy atom. The van der Waals surface area contributed by atoms with Crippen LogP contribution in [0, 0.1) is 10.8 Å². The second-order valence-corrected chi connectivity index (χ2v) is 7.88. The monoisotopic (exact) mass is 353 g/mol. The largest absolute Gasteiger partial charge is 0.382 e. The molecule has 0 spiro atoms. The topological polar surface area (TPSA) is 54.9 Å². The predicted octanol–water partition coefficient (Wildman–Crippen LogP) is 3.35. The molecule has 146 valence electrons. The summed E-state index contributed by atoms with van der Waals surface area (Å²) in [6, 6.07) is 0. The first-order valence-electron chi connectivity index (χ1n) is 10.3. The van der Waals surface area contributed by atoms with E-state index in [1.165, 1.54) is 38.5 Å². The van der Waals surface area contributed by atoms with Crippen molar-refractivity contribution < 1.29 is 9.47 Å². The van der Waals surface area contributed by atoms with Gasteiger partial charge in [0.25, 0.3) is 0 Å². The first kappa shape index (κ1) is 20.5. The summed E-state index contributed by atoms with van der Waals surface area (Å²) >= 11 is 0. The van der Waals surface area contributed by atoms with Crippen LogP contribution in [0.1, 0.15) is 65.2 Å². The second kappa shape index (κ2) is 10.4. The van der Waals surface area contributed by atoms with Gasteiger partial charge in [-0.2, -0.15) is 0 Å². The van der Waals surface area contributed by atoms with Gasteiger partial charge in [0.15, 0.2) is 5.96 Å². The molecule has 0 atom stereocenters. The van der Waals surface area contributed by atoms with E-state index < -0.39 is 0 Å². The molecule has 2 aliphatic carbocycles. The van der Waals surface area contributed by atoms with E-state index >= 15 is 0 Å². The van der Waals surface area contributed by atoms with Crippen molar-refractivity contribution >= 4 is 5.96 Å². The molecule has 0 saturated heterocycles. The Labute approximate surface area is 154 Å². The molecule has 25 heavy (non-hydrogen) atoms. The zero-order valence-corrected chi connectivity index (χ0v) is 16.7. The summed E-state index contributed by atoms with van der Waals surface area (Å²) in [6.07, 6.45) is 10.2. The number of aliphatic imine (C=N–C) groups is 1. The first-order chi connectivity index (χ1) is 12.2. The van der Waals surface area contributed by atoms with E-state index in [2.05, 4.69) is 29.5 Å². The molecular formula is C20H39N3O2. The summed E-state index contributed by atoms with van der Waals surface area (Å²) < 4.78 is 11.1. The lowest BCUT2D eigenvalue weighted by molar-refractivity contribution is 0.105. The molecule has 2 rings (SSSR count). The van der Waals surface area contributed by atoms with E-state index in [1.807, 2.05) is 7.05 Å². The third-order valence-corrected chi connectivity index (χ3v) is 6.07. The summed E-state index contributed by atoms with van der Waals surface area (Å²) in [4.78, 5) is 4.44. The molecule has 2 saturated carbocycles. The molecule has 2 fully saturated rings. The summed E-state index contributed by atoms with van der Waals surface area (Å²) in [6.45, 7) is 9.54. The maximum absolute atomic E-state index is 5.62. The van der Waals surface area contributed by atoms with Gasteiger partial charge in [-0.3, -0.25) is 4.99 Å². The molecule has 2 N–H and O–H groups in total. The summed E-state index contributed by atoms with van der Waals surface area (Å²) in [5.74, 6) is 0.949. The number of rotatable bonds is 12. The van der Waals surface area contributed by atoms with Crippen LogP contribution in [0.5, 0.6) is 0 Å². The van der Waals surface area contributed by atoms with Crippen molar-refractivity contribution in [2.45, 2.75) is 65.2 Å². The molecule has 0 aliphatic heterocycles. The highest BCUT2D eigenvalue weighted by Crippen LogP contribution is 2.48. The van der Waals surface area contributed by atoms with Gasteiger partial charge in [0.05, 0.1) is 0 Å². The smallest absolute Gasteiger partial charge is 0.191 e. The molecule has 0 amide bonds. The van der Waals surface area contributed by atoms with E-state index in [1.54, 1.807) is 0 Å². The lowest BCUT2D eigenvalue weighted by Crippen LogP contribution is -2.45. The highest BCUT2D eigenvalue weighted by atomic mass is 16.5. The van der Waals surface area contributed by atoms with Gasteiger partial charge in [-0.25, -0.2) is 0 Å².